The maximum atomic E-state index is 12.2. The summed E-state index contributed by atoms with van der Waals surface area (Å²) in [5, 5.41) is 10.3. The Morgan fingerprint density at radius 3 is 2.05 bits per heavy atom. The van der Waals surface area contributed by atoms with Crippen LogP contribution in [-0.2, 0) is 16.3 Å². The van der Waals surface area contributed by atoms with Crippen LogP contribution in [0.3, 0.4) is 0 Å². The molecule has 0 radical (unpaired) electrons. The molecule has 3 rings (SSSR count). The molecule has 2 heterocycles. The molecule has 7 heteroatoms. The lowest BCUT2D eigenvalue weighted by Crippen LogP contribution is -2.26. The molecule has 208 valence electrons. The summed E-state index contributed by atoms with van der Waals surface area (Å²) in [6.45, 7) is 20.5. The predicted molar refractivity (Wildman–Crippen MR) is 159 cm³/mol. The molecule has 0 bridgehead atoms. The molecule has 0 amide bonds. The minimum absolute atomic E-state index is 0. The maximum absolute atomic E-state index is 12.2. The van der Waals surface area contributed by atoms with Gasteiger partial charge < -0.3 is 20.0 Å². The van der Waals surface area contributed by atoms with E-state index in [1.165, 1.54) is 24.1 Å². The molecule has 0 aliphatic rings. The molecule has 3 N–H and O–H groups in total. The van der Waals surface area contributed by atoms with Crippen molar-refractivity contribution in [1.29, 1.82) is 0 Å². The van der Waals surface area contributed by atoms with Crippen molar-refractivity contribution < 1.29 is 21.6 Å². The first kappa shape index (κ1) is 34.2. The van der Waals surface area contributed by atoms with Gasteiger partial charge in [0.25, 0.3) is 0 Å². The largest absolute Gasteiger partial charge is 0.412 e. The van der Waals surface area contributed by atoms with E-state index < -0.39 is 0 Å². The Morgan fingerprint density at radius 1 is 1.08 bits per heavy atom. The van der Waals surface area contributed by atoms with E-state index in [0.29, 0.717) is 16.9 Å². The molecule has 0 aliphatic carbocycles. The Hall–Kier alpha value is -3.81. The minimum Gasteiger partial charge on any atom is -0.412 e. The zero-order chi connectivity index (χ0) is 28.3. The van der Waals surface area contributed by atoms with E-state index in [1.54, 1.807) is 30.9 Å². The van der Waals surface area contributed by atoms with Crippen molar-refractivity contribution in [3.63, 3.8) is 0 Å². The second-order valence-electron chi connectivity index (χ2n) is 8.73. The number of likely N-dealkylation sites (N-methyl/N-ethyl adjacent to an activating group) is 1. The van der Waals surface area contributed by atoms with Crippen molar-refractivity contribution in [2.75, 3.05) is 7.05 Å². The van der Waals surface area contributed by atoms with Crippen LogP contribution >= 0.6 is 0 Å². The number of rotatable bonds is 8. The van der Waals surface area contributed by atoms with Gasteiger partial charge in [0.15, 0.2) is 11.6 Å². The Labute approximate surface area is 228 Å². The fraction of sp³-hybridized carbons (Fsp3) is 0.323. The number of aliphatic hydroxyl groups excluding tert-OH is 1. The summed E-state index contributed by atoms with van der Waals surface area (Å²) in [4.78, 5) is 30.4. The number of Topliss-reactive ketones (excluding diaryl/α,β-unsaturated/α-hetero) is 2. The number of fused-ring (bicyclic) bond motifs is 1. The molecule has 38 heavy (non-hydrogen) atoms. The van der Waals surface area contributed by atoms with E-state index in [4.69, 9.17) is 0 Å². The van der Waals surface area contributed by atoms with Crippen LogP contribution in [0.4, 0.5) is 0 Å². The van der Waals surface area contributed by atoms with E-state index in [1.807, 2.05) is 37.8 Å². The lowest BCUT2D eigenvalue weighted by Gasteiger charge is -2.29. The summed E-state index contributed by atoms with van der Waals surface area (Å²) in [5.74, 6) is -0.445. The first-order valence-electron chi connectivity index (χ1n) is 12.4. The van der Waals surface area contributed by atoms with Gasteiger partial charge in [-0.1, -0.05) is 62.4 Å². The second-order valence-corrected chi connectivity index (χ2v) is 8.73. The summed E-state index contributed by atoms with van der Waals surface area (Å²) in [6, 6.07) is 12.1. The van der Waals surface area contributed by atoms with Crippen LogP contribution in [0.2, 0.25) is 0 Å². The van der Waals surface area contributed by atoms with Crippen LogP contribution in [0.15, 0.2) is 84.9 Å². The van der Waals surface area contributed by atoms with E-state index in [9.17, 15) is 14.7 Å². The van der Waals surface area contributed by atoms with Gasteiger partial charge >= 0.3 is 0 Å². The molecule has 1 unspecified atom stereocenters. The molecule has 3 aromatic rings. The Kier molecular flexibility index (Phi) is 14.5. The quantitative estimate of drug-likeness (QED) is 0.292. The number of aromatic nitrogens is 2. The molecular formula is C31H45N3O4. The third-order valence-electron chi connectivity index (χ3n) is 5.83. The first-order chi connectivity index (χ1) is 17.5. The van der Waals surface area contributed by atoms with Gasteiger partial charge in [0, 0.05) is 38.8 Å². The number of nitrogens with zero attached hydrogens (tertiary/aromatic N) is 3. The molecule has 2 aromatic heterocycles. The lowest BCUT2D eigenvalue weighted by molar-refractivity contribution is -0.115. The third kappa shape index (κ3) is 8.94. The number of hydrogen-bond donors (Lipinski definition) is 1. The fourth-order valence-corrected chi connectivity index (χ4v) is 3.60. The Bertz CT molecular complexity index is 1260. The van der Waals surface area contributed by atoms with Crippen LogP contribution in [0.1, 0.15) is 58.8 Å². The number of ketones is 2. The van der Waals surface area contributed by atoms with E-state index in [0.717, 1.165) is 10.9 Å². The van der Waals surface area contributed by atoms with Gasteiger partial charge in [-0.3, -0.25) is 9.59 Å². The van der Waals surface area contributed by atoms with Gasteiger partial charge in [-0.05, 0) is 57.0 Å². The predicted octanol–water partition coefficient (Wildman–Crippen LogP) is 5.90. The molecule has 1 atom stereocenters. The average molecular weight is 524 g/mol. The summed E-state index contributed by atoms with van der Waals surface area (Å²) in [7, 11) is 1.80. The fourth-order valence-electron chi connectivity index (χ4n) is 3.60. The smallest absolute Gasteiger partial charge is 0.187 e. The molecule has 7 nitrogen and oxygen atoms in total. The van der Waals surface area contributed by atoms with E-state index >= 15 is 0 Å². The van der Waals surface area contributed by atoms with Gasteiger partial charge in [-0.15, -0.1) is 0 Å². The maximum Gasteiger partial charge on any atom is 0.187 e. The number of carbonyl (C=O) groups is 2. The molecular weight excluding hydrogens is 478 g/mol. The molecule has 0 fully saturated rings. The number of allylic oxidation sites excluding steroid dienone is 4. The third-order valence-corrected chi connectivity index (χ3v) is 5.83. The van der Waals surface area contributed by atoms with E-state index in [2.05, 4.69) is 56.3 Å². The lowest BCUT2D eigenvalue weighted by atomic mass is 10.0. The monoisotopic (exact) mass is 523 g/mol. The molecule has 1 aromatic carbocycles. The average Bonchev–Trinajstić information content (AvgIpc) is 3.32. The van der Waals surface area contributed by atoms with Crippen LogP contribution in [-0.4, -0.2) is 43.6 Å². The van der Waals surface area contributed by atoms with Crippen molar-refractivity contribution in [2.24, 2.45) is 0 Å². The highest BCUT2D eigenvalue weighted by Crippen LogP contribution is 2.29. The summed E-state index contributed by atoms with van der Waals surface area (Å²) in [6.07, 6.45) is 4.95. The van der Waals surface area contributed by atoms with Crippen LogP contribution in [0.5, 0.6) is 0 Å². The van der Waals surface area contributed by atoms with Crippen LogP contribution in [0.25, 0.3) is 11.0 Å². The Balaban J connectivity index is 0. The van der Waals surface area contributed by atoms with Gasteiger partial charge in [-0.25, -0.2) is 4.98 Å². The number of carbonyl (C=O) groups excluding carboxylic acids is 2. The van der Waals surface area contributed by atoms with Gasteiger partial charge in [0.1, 0.15) is 12.4 Å². The van der Waals surface area contributed by atoms with Gasteiger partial charge in [0.2, 0.25) is 0 Å². The second kappa shape index (κ2) is 16.1. The highest BCUT2D eigenvalue weighted by molar-refractivity contribution is 6.10. The number of pyridine rings is 1. The number of aryl methyl sites for hydroxylation is 2. The summed E-state index contributed by atoms with van der Waals surface area (Å²) >= 11 is 0. The number of benzene rings is 1. The standard InChI is InChI=1S/C21H25N3O3.C8H10.C2H6.H2O.H2/c1-13(2)20(27)14(3)11-19(16(5)26)23(6)15(4)17-7-9-22-21-18(17)8-10-24(21)12-25;1-7-3-5-8(2)6-4-7;1-2;;/h7-11,15,25H,1,3,12H2,2,4-6H3;3-6H,1-2H3;1-2H3;1H2;1H/b19-11-;;;;. The Morgan fingerprint density at radius 2 is 1.61 bits per heavy atom. The minimum atomic E-state index is -0.277. The van der Waals surface area contributed by atoms with Crippen LogP contribution < -0.4 is 0 Å². The molecule has 0 aliphatic heterocycles. The normalized spacial score (nSPS) is 11.1. The number of aliphatic hydroxyl groups is 1. The van der Waals surface area contributed by atoms with Crippen molar-refractivity contribution in [1.82, 2.24) is 14.5 Å². The van der Waals surface area contributed by atoms with Gasteiger partial charge in [0.05, 0.1) is 11.7 Å². The molecule has 0 saturated carbocycles. The highest BCUT2D eigenvalue weighted by atomic mass is 16.3. The summed E-state index contributed by atoms with van der Waals surface area (Å²) < 4.78 is 1.64. The van der Waals surface area contributed by atoms with Crippen molar-refractivity contribution in [3.05, 3.63) is 102 Å². The zero-order valence-electron chi connectivity index (χ0n) is 24.0. The van der Waals surface area contributed by atoms with Crippen molar-refractivity contribution in [2.45, 2.75) is 61.2 Å². The van der Waals surface area contributed by atoms with Gasteiger partial charge in [-0.2, -0.15) is 0 Å². The SMILES string of the molecule is C=C(C)C(=O)C(=C)/C=C(/C(C)=O)N(C)C(C)c1ccnc2c1ccn2CO.CC.Cc1ccc(C)cc1.O.[HH]. The van der Waals surface area contributed by atoms with Crippen molar-refractivity contribution >= 4 is 22.6 Å². The highest BCUT2D eigenvalue weighted by Gasteiger charge is 2.21. The van der Waals surface area contributed by atoms with Crippen molar-refractivity contribution in [3.8, 4) is 0 Å². The van der Waals surface area contributed by atoms with E-state index in [-0.39, 0.29) is 36.8 Å². The zero-order valence-corrected chi connectivity index (χ0v) is 24.0. The first-order valence-corrected chi connectivity index (χ1v) is 12.4. The number of hydrogen-bond acceptors (Lipinski definition) is 5. The summed E-state index contributed by atoms with van der Waals surface area (Å²) in [5.41, 5.74) is 5.26. The van der Waals surface area contributed by atoms with Crippen LogP contribution in [0, 0.1) is 13.8 Å². The topological polar surface area (TPSA) is 107 Å². The molecule has 0 spiro atoms. The molecule has 0 saturated heterocycles.